The first kappa shape index (κ1) is 28.6. The molecule has 9 heteroatoms. The van der Waals surface area contributed by atoms with Crippen molar-refractivity contribution in [3.63, 3.8) is 0 Å². The highest BCUT2D eigenvalue weighted by Gasteiger charge is 2.33. The van der Waals surface area contributed by atoms with Gasteiger partial charge in [0.1, 0.15) is 18.4 Å². The van der Waals surface area contributed by atoms with Crippen LogP contribution < -0.4 is 5.32 Å². The van der Waals surface area contributed by atoms with E-state index < -0.39 is 30.1 Å². The van der Waals surface area contributed by atoms with E-state index in [1.807, 2.05) is 66.7 Å². The van der Waals surface area contributed by atoms with Gasteiger partial charge in [-0.15, -0.1) is 0 Å². The Morgan fingerprint density at radius 3 is 2.14 bits per heavy atom. The van der Waals surface area contributed by atoms with E-state index in [9.17, 15) is 14.4 Å². The SMILES string of the molecule is C[C@H](OCc1ccccc1)[C@@H](NC(=O)OCC1c2ccccc2-c2ccccc21)C(=O)N(C)Cc1ccc(C(=O)O)o1. The maximum Gasteiger partial charge on any atom is 0.407 e. The van der Waals surface area contributed by atoms with Gasteiger partial charge in [-0.25, -0.2) is 9.59 Å². The monoisotopic (exact) mass is 568 g/mol. The van der Waals surface area contributed by atoms with Crippen molar-refractivity contribution < 1.29 is 33.4 Å². The van der Waals surface area contributed by atoms with Crippen LogP contribution in [0.2, 0.25) is 0 Å². The molecule has 5 rings (SSSR count). The molecule has 2 atom stereocenters. The fourth-order valence-corrected chi connectivity index (χ4v) is 5.17. The second-order valence-corrected chi connectivity index (χ2v) is 10.2. The Kier molecular flexibility index (Phi) is 8.68. The Bertz CT molecular complexity index is 1520. The molecular formula is C33H32N2O7. The standard InChI is InChI=1S/C33H32N2O7/c1-21(40-19-22-10-4-3-5-11-22)30(31(36)35(2)18-23-16-17-29(42-23)32(37)38)34-33(39)41-20-28-26-14-8-6-12-24(26)25-13-7-9-15-27(25)28/h3-17,21,28,30H,18-20H2,1-2H3,(H,34,39)(H,37,38)/t21-,30+/m0/s1. The number of fused-ring (bicyclic) bond motifs is 3. The van der Waals surface area contributed by atoms with Crippen LogP contribution in [0.1, 0.15) is 45.8 Å². The van der Waals surface area contributed by atoms with Gasteiger partial charge in [-0.3, -0.25) is 4.79 Å². The quantitative estimate of drug-likeness (QED) is 0.247. The molecule has 0 unspecified atom stereocenters. The molecule has 2 N–H and O–H groups in total. The molecule has 216 valence electrons. The Balaban J connectivity index is 1.28. The van der Waals surface area contributed by atoms with Crippen LogP contribution in [0.4, 0.5) is 4.79 Å². The van der Waals surface area contributed by atoms with Crippen LogP contribution in [-0.2, 0) is 27.4 Å². The lowest BCUT2D eigenvalue weighted by molar-refractivity contribution is -0.137. The summed E-state index contributed by atoms with van der Waals surface area (Å²) in [7, 11) is 1.54. The van der Waals surface area contributed by atoms with Crippen molar-refractivity contribution in [3.8, 4) is 11.1 Å². The highest BCUT2D eigenvalue weighted by atomic mass is 16.5. The molecule has 0 fully saturated rings. The fraction of sp³-hybridized carbons (Fsp3) is 0.242. The summed E-state index contributed by atoms with van der Waals surface area (Å²) in [5.41, 5.74) is 5.31. The fourth-order valence-electron chi connectivity index (χ4n) is 5.17. The van der Waals surface area contributed by atoms with E-state index in [1.54, 1.807) is 14.0 Å². The molecule has 9 nitrogen and oxygen atoms in total. The summed E-state index contributed by atoms with van der Waals surface area (Å²) in [6.07, 6.45) is -1.46. The molecule has 1 aromatic heterocycles. The third kappa shape index (κ3) is 6.37. The first-order valence-corrected chi connectivity index (χ1v) is 13.7. The van der Waals surface area contributed by atoms with Crippen LogP contribution in [0.25, 0.3) is 11.1 Å². The topological polar surface area (TPSA) is 118 Å². The number of ether oxygens (including phenoxy) is 2. The van der Waals surface area contributed by atoms with Crippen molar-refractivity contribution in [2.45, 2.75) is 38.1 Å². The minimum Gasteiger partial charge on any atom is -0.475 e. The zero-order valence-electron chi connectivity index (χ0n) is 23.4. The molecular weight excluding hydrogens is 536 g/mol. The second kappa shape index (κ2) is 12.7. The van der Waals surface area contributed by atoms with Gasteiger partial charge in [-0.1, -0.05) is 78.9 Å². The number of rotatable bonds is 11. The van der Waals surface area contributed by atoms with Gasteiger partial charge in [0.15, 0.2) is 0 Å². The normalized spacial score (nSPS) is 13.5. The number of likely N-dealkylation sites (N-methyl/N-ethyl adjacent to an activating group) is 1. The molecule has 0 spiro atoms. The predicted octanol–water partition coefficient (Wildman–Crippen LogP) is 5.45. The number of aromatic carboxylic acids is 1. The van der Waals surface area contributed by atoms with E-state index in [1.165, 1.54) is 17.0 Å². The van der Waals surface area contributed by atoms with E-state index in [2.05, 4.69) is 17.4 Å². The first-order valence-electron chi connectivity index (χ1n) is 13.7. The van der Waals surface area contributed by atoms with E-state index in [4.69, 9.17) is 19.0 Å². The van der Waals surface area contributed by atoms with Crippen LogP contribution in [0, 0.1) is 0 Å². The molecule has 0 bridgehead atoms. The number of hydrogen-bond acceptors (Lipinski definition) is 6. The van der Waals surface area contributed by atoms with Crippen molar-refractivity contribution in [2.75, 3.05) is 13.7 Å². The van der Waals surface area contributed by atoms with E-state index >= 15 is 0 Å². The molecule has 4 aromatic rings. The van der Waals surface area contributed by atoms with Crippen LogP contribution in [0.5, 0.6) is 0 Å². The Hall–Kier alpha value is -4.89. The highest BCUT2D eigenvalue weighted by molar-refractivity contribution is 5.86. The van der Waals surface area contributed by atoms with Gasteiger partial charge in [0.05, 0.1) is 19.3 Å². The number of amides is 2. The number of carboxylic acid groups (broad SMARTS) is 1. The van der Waals surface area contributed by atoms with Gasteiger partial charge in [-0.05, 0) is 46.9 Å². The maximum atomic E-state index is 13.6. The summed E-state index contributed by atoms with van der Waals surface area (Å²) in [5.74, 6) is -1.71. The lowest BCUT2D eigenvalue weighted by Gasteiger charge is -2.28. The van der Waals surface area contributed by atoms with E-state index in [-0.39, 0.29) is 31.4 Å². The number of carbonyl (C=O) groups excluding carboxylic acids is 2. The molecule has 3 aromatic carbocycles. The third-order valence-corrected chi connectivity index (χ3v) is 7.35. The van der Waals surface area contributed by atoms with Gasteiger partial charge in [0.25, 0.3) is 0 Å². The molecule has 2 amide bonds. The number of carbonyl (C=O) groups is 3. The molecule has 0 radical (unpaired) electrons. The highest BCUT2D eigenvalue weighted by Crippen LogP contribution is 2.44. The maximum absolute atomic E-state index is 13.6. The van der Waals surface area contributed by atoms with Crippen LogP contribution in [0.3, 0.4) is 0 Å². The van der Waals surface area contributed by atoms with E-state index in [0.29, 0.717) is 5.76 Å². The average molecular weight is 569 g/mol. The molecule has 1 heterocycles. The van der Waals surface area contributed by atoms with Crippen LogP contribution in [-0.4, -0.2) is 53.8 Å². The largest absolute Gasteiger partial charge is 0.475 e. The third-order valence-electron chi connectivity index (χ3n) is 7.35. The molecule has 0 aliphatic heterocycles. The zero-order valence-corrected chi connectivity index (χ0v) is 23.4. The summed E-state index contributed by atoms with van der Waals surface area (Å²) in [5, 5.41) is 11.9. The molecule has 0 saturated carbocycles. The van der Waals surface area contributed by atoms with Gasteiger partial charge in [0, 0.05) is 13.0 Å². The average Bonchev–Trinajstić information content (AvgIpc) is 3.60. The summed E-state index contributed by atoms with van der Waals surface area (Å²) >= 11 is 0. The summed E-state index contributed by atoms with van der Waals surface area (Å²) in [6, 6.07) is 27.3. The minimum atomic E-state index is -1.20. The molecule has 0 saturated heterocycles. The number of furan rings is 1. The Labute approximate surface area is 243 Å². The van der Waals surface area contributed by atoms with Crippen LogP contribution >= 0.6 is 0 Å². The lowest BCUT2D eigenvalue weighted by atomic mass is 9.98. The molecule has 42 heavy (non-hydrogen) atoms. The molecule has 1 aliphatic carbocycles. The molecule has 1 aliphatic rings. The smallest absolute Gasteiger partial charge is 0.407 e. The van der Waals surface area contributed by atoms with Crippen molar-refractivity contribution >= 4 is 18.0 Å². The zero-order chi connectivity index (χ0) is 29.6. The Morgan fingerprint density at radius 1 is 0.905 bits per heavy atom. The summed E-state index contributed by atoms with van der Waals surface area (Å²) < 4.78 is 17.0. The number of carboxylic acids is 1. The minimum absolute atomic E-state index is 0.000385. The number of alkyl carbamates (subject to hydrolysis) is 1. The van der Waals surface area contributed by atoms with Crippen molar-refractivity contribution in [2.24, 2.45) is 0 Å². The van der Waals surface area contributed by atoms with Crippen molar-refractivity contribution in [1.29, 1.82) is 0 Å². The van der Waals surface area contributed by atoms with Crippen molar-refractivity contribution in [3.05, 3.63) is 119 Å². The first-order chi connectivity index (χ1) is 20.3. The van der Waals surface area contributed by atoms with Crippen molar-refractivity contribution in [1.82, 2.24) is 10.2 Å². The number of nitrogens with one attached hydrogen (secondary N) is 1. The van der Waals surface area contributed by atoms with Gasteiger partial charge < -0.3 is 29.2 Å². The van der Waals surface area contributed by atoms with E-state index in [0.717, 1.165) is 27.8 Å². The number of hydrogen-bond donors (Lipinski definition) is 2. The summed E-state index contributed by atoms with van der Waals surface area (Å²) in [4.78, 5) is 39.2. The van der Waals surface area contributed by atoms with Gasteiger partial charge >= 0.3 is 12.1 Å². The lowest BCUT2D eigenvalue weighted by Crippen LogP contribution is -2.53. The predicted molar refractivity (Wildman–Crippen MR) is 155 cm³/mol. The number of benzene rings is 3. The number of nitrogens with zero attached hydrogens (tertiary/aromatic N) is 1. The Morgan fingerprint density at radius 2 is 1.52 bits per heavy atom. The van der Waals surface area contributed by atoms with Gasteiger partial charge in [-0.2, -0.15) is 0 Å². The van der Waals surface area contributed by atoms with Crippen LogP contribution in [0.15, 0.2) is 95.4 Å². The summed E-state index contributed by atoms with van der Waals surface area (Å²) in [6.45, 7) is 2.04. The van der Waals surface area contributed by atoms with Gasteiger partial charge in [0.2, 0.25) is 11.7 Å². The second-order valence-electron chi connectivity index (χ2n) is 10.2.